The molecule has 0 saturated heterocycles. The van der Waals surface area contributed by atoms with Crippen molar-refractivity contribution in [2.45, 2.75) is 13.0 Å². The molecule has 158 valence electrons. The van der Waals surface area contributed by atoms with Gasteiger partial charge in [0.2, 0.25) is 0 Å². The van der Waals surface area contributed by atoms with Gasteiger partial charge < -0.3 is 4.42 Å². The van der Waals surface area contributed by atoms with Gasteiger partial charge in [0.05, 0.1) is 23.0 Å². The van der Waals surface area contributed by atoms with Gasteiger partial charge in [0.1, 0.15) is 11.6 Å². The number of rotatable bonds is 6. The predicted molar refractivity (Wildman–Crippen MR) is 124 cm³/mol. The van der Waals surface area contributed by atoms with Crippen molar-refractivity contribution in [3.05, 3.63) is 119 Å². The van der Waals surface area contributed by atoms with Crippen LogP contribution in [0.3, 0.4) is 0 Å². The van der Waals surface area contributed by atoms with Crippen molar-refractivity contribution >= 4 is 32.6 Å². The number of carbonyl (C=O) groups is 1. The van der Waals surface area contributed by atoms with E-state index in [0.29, 0.717) is 26.7 Å². The Hall–Kier alpha value is -3.77. The zero-order valence-electron chi connectivity index (χ0n) is 17.1. The highest BCUT2D eigenvalue weighted by molar-refractivity contribution is 7.22. The molecule has 6 heteroatoms. The number of nitrogens with zero attached hydrogens (tertiary/aromatic N) is 2. The minimum Gasteiger partial charge on any atom is -0.467 e. The number of hydrogen-bond acceptors (Lipinski definition) is 4. The fourth-order valence-corrected chi connectivity index (χ4v) is 4.53. The molecule has 0 aliphatic rings. The van der Waals surface area contributed by atoms with Gasteiger partial charge in [0.25, 0.3) is 5.91 Å². The van der Waals surface area contributed by atoms with Crippen molar-refractivity contribution in [3.63, 3.8) is 0 Å². The molecule has 2 aromatic heterocycles. The lowest BCUT2D eigenvalue weighted by Gasteiger charge is -2.19. The fraction of sp³-hybridized carbons (Fsp3) is 0.0769. The lowest BCUT2D eigenvalue weighted by Crippen LogP contribution is -2.30. The molecule has 1 amide bonds. The zero-order valence-corrected chi connectivity index (χ0v) is 17.9. The third kappa shape index (κ3) is 4.31. The van der Waals surface area contributed by atoms with Gasteiger partial charge in [-0.1, -0.05) is 53.8 Å². The Bertz CT molecular complexity index is 1350. The maximum Gasteiger partial charge on any atom is 0.260 e. The van der Waals surface area contributed by atoms with E-state index in [4.69, 9.17) is 4.42 Å². The number of anilines is 1. The summed E-state index contributed by atoms with van der Waals surface area (Å²) in [4.78, 5) is 19.6. The summed E-state index contributed by atoms with van der Waals surface area (Å²) in [6, 6.07) is 25.8. The van der Waals surface area contributed by atoms with Crippen LogP contribution in [0.15, 0.2) is 95.6 Å². The molecule has 32 heavy (non-hydrogen) atoms. The largest absolute Gasteiger partial charge is 0.467 e. The Labute approximate surface area is 188 Å². The molecule has 3 aromatic carbocycles. The third-order valence-electron chi connectivity index (χ3n) is 5.16. The van der Waals surface area contributed by atoms with Crippen molar-refractivity contribution in [1.29, 1.82) is 0 Å². The van der Waals surface area contributed by atoms with Crippen molar-refractivity contribution in [2.75, 3.05) is 4.90 Å². The van der Waals surface area contributed by atoms with E-state index in [0.717, 1.165) is 12.0 Å². The van der Waals surface area contributed by atoms with Crippen LogP contribution in [0.1, 0.15) is 27.2 Å². The summed E-state index contributed by atoms with van der Waals surface area (Å²) in [6.07, 6.45) is 2.37. The molecule has 0 spiro atoms. The van der Waals surface area contributed by atoms with Gasteiger partial charge in [-0.25, -0.2) is 9.37 Å². The molecule has 0 bridgehead atoms. The number of amides is 1. The normalized spacial score (nSPS) is 11.0. The second-order valence-electron chi connectivity index (χ2n) is 7.44. The van der Waals surface area contributed by atoms with E-state index in [1.54, 1.807) is 23.3 Å². The minimum absolute atomic E-state index is 0.188. The summed E-state index contributed by atoms with van der Waals surface area (Å²) >= 11 is 1.28. The maximum absolute atomic E-state index is 13.7. The molecular formula is C26H19FN2O2S. The Balaban J connectivity index is 1.44. The van der Waals surface area contributed by atoms with E-state index in [1.807, 2.05) is 48.5 Å². The number of halogens is 1. The number of benzene rings is 3. The number of fused-ring (bicyclic) bond motifs is 1. The summed E-state index contributed by atoms with van der Waals surface area (Å²) in [7, 11) is 0. The minimum atomic E-state index is -0.328. The van der Waals surface area contributed by atoms with Crippen LogP contribution in [-0.4, -0.2) is 10.9 Å². The molecule has 0 N–H and O–H groups in total. The van der Waals surface area contributed by atoms with Crippen LogP contribution in [-0.2, 0) is 13.0 Å². The molecule has 0 fully saturated rings. The lowest BCUT2D eigenvalue weighted by atomic mass is 10.0. The molecule has 5 rings (SSSR count). The van der Waals surface area contributed by atoms with E-state index in [-0.39, 0.29) is 18.3 Å². The molecular weight excluding hydrogens is 423 g/mol. The summed E-state index contributed by atoms with van der Waals surface area (Å²) < 4.78 is 19.8. The van der Waals surface area contributed by atoms with E-state index < -0.39 is 0 Å². The van der Waals surface area contributed by atoms with Crippen LogP contribution >= 0.6 is 11.3 Å². The summed E-state index contributed by atoms with van der Waals surface area (Å²) in [5, 5.41) is 0.500. The third-order valence-corrected chi connectivity index (χ3v) is 6.20. The monoisotopic (exact) mass is 442 g/mol. The summed E-state index contributed by atoms with van der Waals surface area (Å²) in [5.74, 6) is 0.127. The number of aromatic nitrogens is 1. The van der Waals surface area contributed by atoms with Gasteiger partial charge in [-0.05, 0) is 60.0 Å². The van der Waals surface area contributed by atoms with Crippen molar-refractivity contribution in [3.8, 4) is 0 Å². The molecule has 0 unspecified atom stereocenters. The van der Waals surface area contributed by atoms with E-state index in [2.05, 4.69) is 17.1 Å². The summed E-state index contributed by atoms with van der Waals surface area (Å²) in [5.41, 5.74) is 3.55. The second-order valence-corrected chi connectivity index (χ2v) is 8.45. The predicted octanol–water partition coefficient (Wildman–Crippen LogP) is 6.47. The van der Waals surface area contributed by atoms with Crippen molar-refractivity contribution in [2.24, 2.45) is 0 Å². The Morgan fingerprint density at radius 3 is 2.47 bits per heavy atom. The van der Waals surface area contributed by atoms with E-state index >= 15 is 0 Å². The Morgan fingerprint density at radius 2 is 1.72 bits per heavy atom. The first-order valence-corrected chi connectivity index (χ1v) is 11.0. The lowest BCUT2D eigenvalue weighted by molar-refractivity contribution is 0.0983. The molecule has 0 aliphatic carbocycles. The zero-order chi connectivity index (χ0) is 21.9. The quantitative estimate of drug-likeness (QED) is 0.303. The Kier molecular flexibility index (Phi) is 5.52. The van der Waals surface area contributed by atoms with E-state index in [9.17, 15) is 9.18 Å². The first kappa shape index (κ1) is 20.2. The average Bonchev–Trinajstić information content (AvgIpc) is 3.47. The van der Waals surface area contributed by atoms with Crippen LogP contribution in [0.25, 0.3) is 10.2 Å². The maximum atomic E-state index is 13.7. The molecule has 0 atom stereocenters. The van der Waals surface area contributed by atoms with Crippen molar-refractivity contribution < 1.29 is 13.6 Å². The standard InChI is InChI=1S/C26H19FN2O2S/c27-21-12-13-23-24(16-21)32-26(28-23)29(17-22-7-4-14-31-22)25(30)20-10-8-19(9-11-20)15-18-5-2-1-3-6-18/h1-14,16H,15,17H2. The molecule has 4 nitrogen and oxygen atoms in total. The first-order chi connectivity index (χ1) is 15.7. The number of carbonyl (C=O) groups excluding carboxylic acids is 1. The molecule has 2 heterocycles. The van der Waals surface area contributed by atoms with E-state index in [1.165, 1.54) is 29.0 Å². The number of hydrogen-bond donors (Lipinski definition) is 0. The van der Waals surface area contributed by atoms with Crippen LogP contribution in [0.5, 0.6) is 0 Å². The highest BCUT2D eigenvalue weighted by Crippen LogP contribution is 2.31. The Morgan fingerprint density at radius 1 is 0.938 bits per heavy atom. The van der Waals surface area contributed by atoms with Gasteiger partial charge >= 0.3 is 0 Å². The van der Waals surface area contributed by atoms with Crippen LogP contribution in [0.2, 0.25) is 0 Å². The molecule has 0 radical (unpaired) electrons. The van der Waals surface area contributed by atoms with Gasteiger partial charge in [0, 0.05) is 5.56 Å². The highest BCUT2D eigenvalue weighted by Gasteiger charge is 2.23. The molecule has 0 aliphatic heterocycles. The van der Waals surface area contributed by atoms with Gasteiger partial charge in [0.15, 0.2) is 5.13 Å². The number of furan rings is 1. The smallest absolute Gasteiger partial charge is 0.260 e. The van der Waals surface area contributed by atoms with Crippen LogP contribution in [0.4, 0.5) is 9.52 Å². The van der Waals surface area contributed by atoms with Crippen molar-refractivity contribution in [1.82, 2.24) is 4.98 Å². The second kappa shape index (κ2) is 8.77. The topological polar surface area (TPSA) is 46.3 Å². The first-order valence-electron chi connectivity index (χ1n) is 10.2. The molecule has 5 aromatic rings. The SMILES string of the molecule is O=C(c1ccc(Cc2ccccc2)cc1)N(Cc1ccco1)c1nc2ccc(F)cc2s1. The van der Waals surface area contributed by atoms with Crippen LogP contribution < -0.4 is 4.90 Å². The van der Waals surface area contributed by atoms with Gasteiger partial charge in [-0.15, -0.1) is 0 Å². The number of thiazole rings is 1. The fourth-order valence-electron chi connectivity index (χ4n) is 3.54. The molecule has 0 saturated carbocycles. The van der Waals surface area contributed by atoms with Crippen LogP contribution in [0, 0.1) is 5.82 Å². The highest BCUT2D eigenvalue weighted by atomic mass is 32.1. The average molecular weight is 443 g/mol. The van der Waals surface area contributed by atoms with Gasteiger partial charge in [-0.2, -0.15) is 0 Å². The van der Waals surface area contributed by atoms with Gasteiger partial charge in [-0.3, -0.25) is 9.69 Å². The summed E-state index contributed by atoms with van der Waals surface area (Å²) in [6.45, 7) is 0.236.